The van der Waals surface area contributed by atoms with Crippen molar-refractivity contribution in [1.29, 1.82) is 0 Å². The van der Waals surface area contributed by atoms with E-state index in [1.807, 2.05) is 13.8 Å². The molecule has 8 heteroatoms. The van der Waals surface area contributed by atoms with Crippen molar-refractivity contribution in [3.63, 3.8) is 0 Å². The van der Waals surface area contributed by atoms with Crippen molar-refractivity contribution in [2.24, 2.45) is 5.92 Å². The van der Waals surface area contributed by atoms with Gasteiger partial charge in [-0.1, -0.05) is 13.8 Å². The van der Waals surface area contributed by atoms with Crippen molar-refractivity contribution in [3.05, 3.63) is 29.1 Å². The van der Waals surface area contributed by atoms with Crippen LogP contribution >= 0.6 is 0 Å². The zero-order chi connectivity index (χ0) is 22.6. The minimum absolute atomic E-state index is 0.130. The second-order valence-electron chi connectivity index (χ2n) is 9.33. The fourth-order valence-electron chi connectivity index (χ4n) is 3.57. The molecular weight excluding hydrogens is 396 g/mol. The monoisotopic (exact) mass is 428 g/mol. The van der Waals surface area contributed by atoms with Gasteiger partial charge in [-0.15, -0.1) is 10.2 Å². The highest BCUT2D eigenvalue weighted by Crippen LogP contribution is 2.25. The van der Waals surface area contributed by atoms with E-state index in [0.717, 1.165) is 23.9 Å². The summed E-state index contributed by atoms with van der Waals surface area (Å²) < 4.78 is 10.6. The molecule has 0 aliphatic heterocycles. The Morgan fingerprint density at radius 2 is 1.77 bits per heavy atom. The largest absolute Gasteiger partial charge is 0.464 e. The van der Waals surface area contributed by atoms with E-state index in [4.69, 9.17) is 9.47 Å². The van der Waals surface area contributed by atoms with Crippen LogP contribution in [0.2, 0.25) is 0 Å². The second-order valence-corrected chi connectivity index (χ2v) is 9.33. The molecule has 1 aliphatic rings. The number of hydrogen-bond acceptors (Lipinski definition) is 7. The molecular formula is C23H32N4O4. The predicted molar refractivity (Wildman–Crippen MR) is 117 cm³/mol. The smallest absolute Gasteiger partial charge is 0.408 e. The minimum atomic E-state index is -0.768. The first-order valence-electron chi connectivity index (χ1n) is 10.9. The van der Waals surface area contributed by atoms with Gasteiger partial charge in [0.1, 0.15) is 17.2 Å². The molecule has 1 aromatic carbocycles. The minimum Gasteiger partial charge on any atom is -0.464 e. The molecule has 1 N–H and O–H groups in total. The van der Waals surface area contributed by atoms with Crippen molar-refractivity contribution in [1.82, 2.24) is 20.5 Å². The fourth-order valence-corrected chi connectivity index (χ4v) is 3.57. The highest BCUT2D eigenvalue weighted by atomic mass is 16.6. The molecule has 2 aromatic rings. The van der Waals surface area contributed by atoms with E-state index in [1.54, 1.807) is 20.8 Å². The van der Waals surface area contributed by atoms with Crippen LogP contribution in [-0.2, 0) is 33.5 Å². The van der Waals surface area contributed by atoms with Crippen LogP contribution < -0.4 is 5.32 Å². The zero-order valence-corrected chi connectivity index (χ0v) is 19.0. The van der Waals surface area contributed by atoms with Gasteiger partial charge >= 0.3 is 12.1 Å². The van der Waals surface area contributed by atoms with E-state index in [0.29, 0.717) is 18.7 Å². The maximum Gasteiger partial charge on any atom is 0.408 e. The van der Waals surface area contributed by atoms with Crippen LogP contribution in [-0.4, -0.2) is 45.5 Å². The molecule has 0 saturated carbocycles. The third-order valence-corrected chi connectivity index (χ3v) is 5.09. The number of ether oxygens (including phenoxy) is 2. The summed E-state index contributed by atoms with van der Waals surface area (Å²) in [5, 5.41) is 11.1. The van der Waals surface area contributed by atoms with Crippen molar-refractivity contribution in [2.45, 2.75) is 78.4 Å². The van der Waals surface area contributed by atoms with Gasteiger partial charge in [0.2, 0.25) is 0 Å². The van der Waals surface area contributed by atoms with Crippen LogP contribution in [0.5, 0.6) is 0 Å². The van der Waals surface area contributed by atoms with Crippen molar-refractivity contribution in [2.75, 3.05) is 6.61 Å². The Kier molecular flexibility index (Phi) is 7.08. The van der Waals surface area contributed by atoms with Crippen LogP contribution in [0, 0.1) is 5.92 Å². The lowest BCUT2D eigenvalue weighted by molar-refractivity contribution is -0.147. The van der Waals surface area contributed by atoms with Gasteiger partial charge < -0.3 is 14.8 Å². The number of nitrogens with one attached hydrogen (secondary N) is 1. The third kappa shape index (κ3) is 6.35. The van der Waals surface area contributed by atoms with Crippen molar-refractivity contribution >= 4 is 23.1 Å². The lowest BCUT2D eigenvalue weighted by Crippen LogP contribution is -2.47. The average molecular weight is 429 g/mol. The highest BCUT2D eigenvalue weighted by molar-refractivity contribution is 5.81. The number of hydrogen-bond donors (Lipinski definition) is 1. The summed E-state index contributed by atoms with van der Waals surface area (Å²) in [7, 11) is 0. The molecule has 1 unspecified atom stereocenters. The second kappa shape index (κ2) is 9.58. The van der Waals surface area contributed by atoms with E-state index in [1.165, 1.54) is 17.5 Å². The number of nitrogens with zero attached hydrogens (tertiary/aromatic N) is 3. The van der Waals surface area contributed by atoms with Crippen LogP contribution in [0.15, 0.2) is 12.1 Å². The number of alkyl carbamates (subject to hydrolysis) is 1. The summed E-state index contributed by atoms with van der Waals surface area (Å²) in [6, 6.07) is 3.44. The Bertz CT molecular complexity index is 952. The van der Waals surface area contributed by atoms with Crippen molar-refractivity contribution < 1.29 is 19.1 Å². The summed E-state index contributed by atoms with van der Waals surface area (Å²) in [4.78, 5) is 29.1. The molecule has 0 radical (unpaired) electrons. The molecule has 1 heterocycles. The van der Waals surface area contributed by atoms with Gasteiger partial charge in [-0.3, -0.25) is 0 Å². The molecule has 8 nitrogen and oxygen atoms in total. The number of amides is 1. The molecule has 1 aromatic heterocycles. The number of carbonyl (C=O) groups excluding carboxylic acids is 2. The van der Waals surface area contributed by atoms with E-state index >= 15 is 0 Å². The Morgan fingerprint density at radius 3 is 2.42 bits per heavy atom. The van der Waals surface area contributed by atoms with Gasteiger partial charge in [0.25, 0.3) is 0 Å². The van der Waals surface area contributed by atoms with E-state index in [2.05, 4.69) is 32.6 Å². The number of carbonyl (C=O) groups is 2. The lowest BCUT2D eigenvalue weighted by atomic mass is 10.1. The number of esters is 1. The van der Waals surface area contributed by atoms with Gasteiger partial charge in [-0.25, -0.2) is 14.6 Å². The van der Waals surface area contributed by atoms with Crippen LogP contribution in [0.4, 0.5) is 4.79 Å². The first-order valence-corrected chi connectivity index (χ1v) is 10.9. The summed E-state index contributed by atoms with van der Waals surface area (Å²) in [6.45, 7) is 9.21. The quantitative estimate of drug-likeness (QED) is 0.531. The topological polar surface area (TPSA) is 103 Å². The Labute approximate surface area is 183 Å². The molecule has 0 bridgehead atoms. The van der Waals surface area contributed by atoms with E-state index < -0.39 is 23.7 Å². The molecule has 1 atom stereocenters. The summed E-state index contributed by atoms with van der Waals surface area (Å²) in [5.41, 5.74) is 3.75. The molecule has 31 heavy (non-hydrogen) atoms. The molecule has 1 aliphatic carbocycles. The Hall–Kier alpha value is -2.77. The zero-order valence-electron chi connectivity index (χ0n) is 19.0. The first-order chi connectivity index (χ1) is 14.6. The SMILES string of the molecule is CC(C)C(NC(=O)OC(C)(C)C)C(=O)OCCCc1nnc2cc3c(cc2n1)CCC3. The van der Waals surface area contributed by atoms with Gasteiger partial charge in [0.05, 0.1) is 12.1 Å². The summed E-state index contributed by atoms with van der Waals surface area (Å²) in [6.07, 6.45) is 3.86. The fraction of sp³-hybridized carbons (Fsp3) is 0.609. The van der Waals surface area contributed by atoms with Crippen LogP contribution in [0.25, 0.3) is 11.0 Å². The normalized spacial score (nSPS) is 14.4. The van der Waals surface area contributed by atoms with Crippen molar-refractivity contribution in [3.8, 4) is 0 Å². The Morgan fingerprint density at radius 1 is 1.10 bits per heavy atom. The predicted octanol–water partition coefficient (Wildman–Crippen LogP) is 3.54. The molecule has 0 saturated heterocycles. The Balaban J connectivity index is 1.50. The maximum absolute atomic E-state index is 12.4. The molecule has 0 spiro atoms. The molecule has 3 rings (SSSR count). The van der Waals surface area contributed by atoms with Crippen LogP contribution in [0.1, 0.15) is 64.4 Å². The highest BCUT2D eigenvalue weighted by Gasteiger charge is 2.28. The number of aromatic nitrogens is 3. The molecule has 1 amide bonds. The van der Waals surface area contributed by atoms with Gasteiger partial charge in [-0.2, -0.15) is 0 Å². The summed E-state index contributed by atoms with van der Waals surface area (Å²) in [5.74, 6) is 0.0255. The molecule has 168 valence electrons. The molecule has 0 fully saturated rings. The van der Waals surface area contributed by atoms with Gasteiger partial charge in [-0.05, 0) is 75.6 Å². The van der Waals surface area contributed by atoms with Gasteiger partial charge in [0, 0.05) is 6.42 Å². The lowest BCUT2D eigenvalue weighted by Gasteiger charge is -2.24. The maximum atomic E-state index is 12.4. The number of rotatable bonds is 7. The number of aryl methyl sites for hydroxylation is 3. The van der Waals surface area contributed by atoms with Crippen LogP contribution in [0.3, 0.4) is 0 Å². The third-order valence-electron chi connectivity index (χ3n) is 5.09. The number of fused-ring (bicyclic) bond motifs is 2. The number of benzene rings is 1. The average Bonchev–Trinajstić information content (AvgIpc) is 3.13. The first kappa shape index (κ1) is 22.9. The standard InChI is InChI=1S/C23H32N4O4/c1-14(2)20(25-22(29)31-23(3,4)5)21(28)30-11-7-10-19-24-17-12-15-8-6-9-16(15)13-18(17)26-27-19/h12-14,20H,6-11H2,1-5H3,(H,25,29). The van der Waals surface area contributed by atoms with E-state index in [9.17, 15) is 9.59 Å². The van der Waals surface area contributed by atoms with Gasteiger partial charge in [0.15, 0.2) is 5.82 Å². The summed E-state index contributed by atoms with van der Waals surface area (Å²) >= 11 is 0. The van der Waals surface area contributed by atoms with E-state index in [-0.39, 0.29) is 12.5 Å².